The number of ether oxygens (including phenoxy) is 4. The SMILES string of the molecule is COCCOCCN(CCOC)c1cccc(OC)c1. The summed E-state index contributed by atoms with van der Waals surface area (Å²) in [6, 6.07) is 8.00. The van der Waals surface area contributed by atoms with Crippen LogP contribution in [0.25, 0.3) is 0 Å². The van der Waals surface area contributed by atoms with Crippen molar-refractivity contribution in [2.75, 3.05) is 65.7 Å². The third kappa shape index (κ3) is 6.23. The van der Waals surface area contributed by atoms with E-state index in [1.165, 1.54) is 0 Å². The molecule has 1 aromatic carbocycles. The number of methoxy groups -OCH3 is 3. The fourth-order valence-electron chi connectivity index (χ4n) is 1.80. The molecule has 0 amide bonds. The number of benzene rings is 1. The van der Waals surface area contributed by atoms with Crippen molar-refractivity contribution in [2.45, 2.75) is 0 Å². The second kappa shape index (κ2) is 10.5. The van der Waals surface area contributed by atoms with Gasteiger partial charge in [0.25, 0.3) is 0 Å². The Hall–Kier alpha value is -1.30. The third-order valence-corrected chi connectivity index (χ3v) is 2.92. The second-order valence-electron chi connectivity index (χ2n) is 4.29. The topological polar surface area (TPSA) is 40.2 Å². The summed E-state index contributed by atoms with van der Waals surface area (Å²) in [7, 11) is 5.05. The Morgan fingerprint density at radius 2 is 1.65 bits per heavy atom. The first-order chi connectivity index (χ1) is 9.81. The Bertz CT molecular complexity index is 359. The van der Waals surface area contributed by atoms with E-state index < -0.39 is 0 Å². The highest BCUT2D eigenvalue weighted by Gasteiger charge is 2.07. The van der Waals surface area contributed by atoms with Gasteiger partial charge in [0.2, 0.25) is 0 Å². The Balaban J connectivity index is 2.53. The maximum atomic E-state index is 5.52. The number of rotatable bonds is 11. The lowest BCUT2D eigenvalue weighted by Crippen LogP contribution is -2.31. The molecule has 0 aliphatic heterocycles. The van der Waals surface area contributed by atoms with E-state index >= 15 is 0 Å². The summed E-state index contributed by atoms with van der Waals surface area (Å²) in [6.45, 7) is 4.20. The molecule has 0 radical (unpaired) electrons. The molecule has 0 saturated carbocycles. The van der Waals surface area contributed by atoms with Crippen molar-refractivity contribution in [1.82, 2.24) is 0 Å². The van der Waals surface area contributed by atoms with Crippen LogP contribution in [0.3, 0.4) is 0 Å². The van der Waals surface area contributed by atoms with Crippen molar-refractivity contribution >= 4 is 5.69 Å². The van der Waals surface area contributed by atoms with Crippen LogP contribution >= 0.6 is 0 Å². The molecule has 1 aromatic rings. The third-order valence-electron chi connectivity index (χ3n) is 2.92. The molecule has 0 spiro atoms. The van der Waals surface area contributed by atoms with Crippen LogP contribution in [-0.4, -0.2) is 60.8 Å². The summed E-state index contributed by atoms with van der Waals surface area (Å²) in [6.07, 6.45) is 0. The van der Waals surface area contributed by atoms with E-state index in [1.54, 1.807) is 21.3 Å². The fourth-order valence-corrected chi connectivity index (χ4v) is 1.80. The van der Waals surface area contributed by atoms with Crippen LogP contribution in [0.1, 0.15) is 0 Å². The summed E-state index contributed by atoms with van der Waals surface area (Å²) in [4.78, 5) is 2.22. The van der Waals surface area contributed by atoms with Gasteiger partial charge in [-0.25, -0.2) is 0 Å². The summed E-state index contributed by atoms with van der Waals surface area (Å²) in [5.74, 6) is 0.852. The maximum Gasteiger partial charge on any atom is 0.120 e. The fraction of sp³-hybridized carbons (Fsp3) is 0.600. The summed E-state index contributed by atoms with van der Waals surface area (Å²) >= 11 is 0. The lowest BCUT2D eigenvalue weighted by molar-refractivity contribution is 0.0736. The van der Waals surface area contributed by atoms with E-state index in [-0.39, 0.29) is 0 Å². The Labute approximate surface area is 121 Å². The molecular weight excluding hydrogens is 258 g/mol. The van der Waals surface area contributed by atoms with E-state index in [1.807, 2.05) is 18.2 Å². The predicted molar refractivity (Wildman–Crippen MR) is 79.8 cm³/mol. The minimum absolute atomic E-state index is 0.618. The largest absolute Gasteiger partial charge is 0.497 e. The Morgan fingerprint density at radius 1 is 0.900 bits per heavy atom. The molecule has 5 heteroatoms. The van der Waals surface area contributed by atoms with E-state index in [0.29, 0.717) is 26.4 Å². The molecule has 0 heterocycles. The van der Waals surface area contributed by atoms with Crippen LogP contribution in [0, 0.1) is 0 Å². The minimum atomic E-state index is 0.618. The maximum absolute atomic E-state index is 5.52. The lowest BCUT2D eigenvalue weighted by Gasteiger charge is -2.24. The van der Waals surface area contributed by atoms with Gasteiger partial charge >= 0.3 is 0 Å². The molecule has 0 fully saturated rings. The molecule has 0 aliphatic carbocycles. The van der Waals surface area contributed by atoms with Crippen LogP contribution in [0.15, 0.2) is 24.3 Å². The minimum Gasteiger partial charge on any atom is -0.497 e. The summed E-state index contributed by atoms with van der Waals surface area (Å²) in [5, 5.41) is 0. The van der Waals surface area contributed by atoms with Gasteiger partial charge in [0.1, 0.15) is 5.75 Å². The predicted octanol–water partition coefficient (Wildman–Crippen LogP) is 1.81. The van der Waals surface area contributed by atoms with Gasteiger partial charge in [-0.2, -0.15) is 0 Å². The normalized spacial score (nSPS) is 10.6. The first kappa shape index (κ1) is 16.8. The molecule has 0 aromatic heterocycles. The van der Waals surface area contributed by atoms with Crippen LogP contribution in [0.2, 0.25) is 0 Å². The lowest BCUT2D eigenvalue weighted by atomic mass is 10.2. The van der Waals surface area contributed by atoms with E-state index in [9.17, 15) is 0 Å². The van der Waals surface area contributed by atoms with Crippen LogP contribution in [0.5, 0.6) is 5.75 Å². The second-order valence-corrected chi connectivity index (χ2v) is 4.29. The average molecular weight is 283 g/mol. The molecule has 0 unspecified atom stereocenters. The highest BCUT2D eigenvalue weighted by atomic mass is 16.5. The van der Waals surface area contributed by atoms with Gasteiger partial charge in [-0.3, -0.25) is 0 Å². The van der Waals surface area contributed by atoms with E-state index in [4.69, 9.17) is 18.9 Å². The molecule has 0 aliphatic rings. The average Bonchev–Trinajstić information content (AvgIpc) is 2.50. The zero-order valence-electron chi connectivity index (χ0n) is 12.6. The highest BCUT2D eigenvalue weighted by Crippen LogP contribution is 2.20. The first-order valence-electron chi connectivity index (χ1n) is 6.76. The van der Waals surface area contributed by atoms with Gasteiger partial charge in [-0.1, -0.05) is 6.07 Å². The van der Waals surface area contributed by atoms with Gasteiger partial charge < -0.3 is 23.8 Å². The number of hydrogen-bond acceptors (Lipinski definition) is 5. The molecular formula is C15H25NO4. The monoisotopic (exact) mass is 283 g/mol. The Morgan fingerprint density at radius 3 is 2.35 bits per heavy atom. The molecule has 114 valence electrons. The van der Waals surface area contributed by atoms with Gasteiger partial charge in [0, 0.05) is 39.1 Å². The quantitative estimate of drug-likeness (QED) is 0.579. The Kier molecular flexibility index (Phi) is 8.78. The molecule has 0 N–H and O–H groups in total. The van der Waals surface area contributed by atoms with Crippen molar-refractivity contribution in [3.05, 3.63) is 24.3 Å². The van der Waals surface area contributed by atoms with Crippen molar-refractivity contribution < 1.29 is 18.9 Å². The molecule has 0 saturated heterocycles. The van der Waals surface area contributed by atoms with Crippen LogP contribution < -0.4 is 9.64 Å². The molecule has 5 nitrogen and oxygen atoms in total. The number of nitrogens with zero attached hydrogens (tertiary/aromatic N) is 1. The number of hydrogen-bond donors (Lipinski definition) is 0. The first-order valence-corrected chi connectivity index (χ1v) is 6.76. The number of anilines is 1. The van der Waals surface area contributed by atoms with Crippen molar-refractivity contribution in [3.63, 3.8) is 0 Å². The van der Waals surface area contributed by atoms with Gasteiger partial charge in [-0.05, 0) is 12.1 Å². The zero-order valence-corrected chi connectivity index (χ0v) is 12.6. The van der Waals surface area contributed by atoms with Crippen LogP contribution in [0.4, 0.5) is 5.69 Å². The smallest absolute Gasteiger partial charge is 0.120 e. The van der Waals surface area contributed by atoms with Gasteiger partial charge in [0.05, 0.1) is 33.5 Å². The molecule has 0 bridgehead atoms. The molecule has 0 atom stereocenters. The summed E-state index contributed by atoms with van der Waals surface area (Å²) < 4.78 is 20.9. The zero-order chi connectivity index (χ0) is 14.6. The van der Waals surface area contributed by atoms with Crippen molar-refractivity contribution in [1.29, 1.82) is 0 Å². The van der Waals surface area contributed by atoms with Gasteiger partial charge in [0.15, 0.2) is 0 Å². The molecule has 20 heavy (non-hydrogen) atoms. The van der Waals surface area contributed by atoms with E-state index in [2.05, 4.69) is 11.0 Å². The van der Waals surface area contributed by atoms with Crippen molar-refractivity contribution in [2.24, 2.45) is 0 Å². The summed E-state index contributed by atoms with van der Waals surface area (Å²) in [5.41, 5.74) is 1.11. The van der Waals surface area contributed by atoms with Crippen LogP contribution in [-0.2, 0) is 14.2 Å². The standard InChI is InChI=1S/C15H25NO4/c1-17-9-7-16(8-10-20-12-11-18-2)14-5-4-6-15(13-14)19-3/h4-6,13H,7-12H2,1-3H3. The van der Waals surface area contributed by atoms with E-state index in [0.717, 1.165) is 24.5 Å². The van der Waals surface area contributed by atoms with Gasteiger partial charge in [-0.15, -0.1) is 0 Å². The highest BCUT2D eigenvalue weighted by molar-refractivity contribution is 5.50. The molecule has 1 rings (SSSR count). The van der Waals surface area contributed by atoms with Crippen molar-refractivity contribution in [3.8, 4) is 5.75 Å².